The monoisotopic (exact) mass is 264 g/mol. The van der Waals surface area contributed by atoms with E-state index in [0.29, 0.717) is 24.2 Å². The van der Waals surface area contributed by atoms with E-state index in [2.05, 4.69) is 6.07 Å². The fourth-order valence-electron chi connectivity index (χ4n) is 2.00. The van der Waals surface area contributed by atoms with Gasteiger partial charge in [-0.15, -0.1) is 0 Å². The third-order valence-corrected chi connectivity index (χ3v) is 3.15. The molecule has 0 fully saturated rings. The maximum Gasteiger partial charge on any atom is 0.254 e. The highest BCUT2D eigenvalue weighted by atomic mass is 16.2. The van der Waals surface area contributed by atoms with E-state index < -0.39 is 0 Å². The molecule has 0 saturated heterocycles. The van der Waals surface area contributed by atoms with Crippen molar-refractivity contribution >= 4 is 5.91 Å². The number of rotatable bonds is 4. The van der Waals surface area contributed by atoms with Crippen LogP contribution in [0.3, 0.4) is 0 Å². The molecule has 0 heterocycles. The van der Waals surface area contributed by atoms with E-state index >= 15 is 0 Å². The third kappa shape index (κ3) is 3.24. The number of amides is 1. The highest BCUT2D eigenvalue weighted by Crippen LogP contribution is 2.11. The summed E-state index contributed by atoms with van der Waals surface area (Å²) in [5, 5.41) is 8.77. The predicted molar refractivity (Wildman–Crippen MR) is 78.0 cm³/mol. The summed E-state index contributed by atoms with van der Waals surface area (Å²) in [5.74, 6) is -0.0131. The number of carbonyl (C=O) groups excluding carboxylic acids is 1. The van der Waals surface area contributed by atoms with Crippen molar-refractivity contribution in [3.8, 4) is 6.07 Å². The highest BCUT2D eigenvalue weighted by molar-refractivity contribution is 5.94. The van der Waals surface area contributed by atoms with Gasteiger partial charge in [-0.3, -0.25) is 4.79 Å². The van der Waals surface area contributed by atoms with Crippen LogP contribution in [0.15, 0.2) is 54.6 Å². The van der Waals surface area contributed by atoms with Crippen LogP contribution >= 0.6 is 0 Å². The van der Waals surface area contributed by atoms with E-state index in [-0.39, 0.29) is 5.91 Å². The summed E-state index contributed by atoms with van der Waals surface area (Å²) in [6.45, 7) is 3.20. The van der Waals surface area contributed by atoms with Crippen LogP contribution in [-0.4, -0.2) is 17.4 Å². The predicted octanol–water partition coefficient (Wildman–Crippen LogP) is 3.22. The minimum absolute atomic E-state index is 0.0131. The fourth-order valence-corrected chi connectivity index (χ4v) is 2.00. The van der Waals surface area contributed by atoms with Crippen molar-refractivity contribution in [2.75, 3.05) is 6.54 Å². The van der Waals surface area contributed by atoms with Crippen LogP contribution in [0, 0.1) is 11.3 Å². The van der Waals surface area contributed by atoms with Crippen molar-refractivity contribution in [3.63, 3.8) is 0 Å². The summed E-state index contributed by atoms with van der Waals surface area (Å²) >= 11 is 0. The number of hydrogen-bond donors (Lipinski definition) is 0. The Kier molecular flexibility index (Phi) is 4.52. The van der Waals surface area contributed by atoms with E-state index in [0.717, 1.165) is 5.56 Å². The Morgan fingerprint density at radius 1 is 1.10 bits per heavy atom. The van der Waals surface area contributed by atoms with Gasteiger partial charge in [0.15, 0.2) is 0 Å². The Balaban J connectivity index is 2.14. The molecule has 3 heteroatoms. The van der Waals surface area contributed by atoms with Gasteiger partial charge in [0.1, 0.15) is 0 Å². The van der Waals surface area contributed by atoms with Gasteiger partial charge >= 0.3 is 0 Å². The summed E-state index contributed by atoms with van der Waals surface area (Å²) in [7, 11) is 0. The lowest BCUT2D eigenvalue weighted by Gasteiger charge is -2.21. The molecule has 2 aromatic carbocycles. The molecule has 3 nitrogen and oxygen atoms in total. The van der Waals surface area contributed by atoms with Gasteiger partial charge in [0, 0.05) is 18.7 Å². The van der Waals surface area contributed by atoms with Gasteiger partial charge in [0.2, 0.25) is 0 Å². The Morgan fingerprint density at radius 3 is 2.30 bits per heavy atom. The quantitative estimate of drug-likeness (QED) is 0.851. The molecule has 0 aromatic heterocycles. The Morgan fingerprint density at radius 2 is 1.75 bits per heavy atom. The second-order valence-corrected chi connectivity index (χ2v) is 4.49. The van der Waals surface area contributed by atoms with Crippen molar-refractivity contribution in [1.29, 1.82) is 5.26 Å². The summed E-state index contributed by atoms with van der Waals surface area (Å²) in [6, 6.07) is 18.7. The minimum atomic E-state index is -0.0131. The van der Waals surface area contributed by atoms with Gasteiger partial charge < -0.3 is 4.90 Å². The van der Waals surface area contributed by atoms with Crippen LogP contribution in [0.25, 0.3) is 0 Å². The molecule has 0 unspecified atom stereocenters. The molecule has 100 valence electrons. The number of hydrogen-bond acceptors (Lipinski definition) is 2. The third-order valence-electron chi connectivity index (χ3n) is 3.15. The van der Waals surface area contributed by atoms with Crippen molar-refractivity contribution in [2.45, 2.75) is 13.5 Å². The first-order chi connectivity index (χ1) is 9.74. The number of nitrogens with zero attached hydrogens (tertiary/aromatic N) is 2. The van der Waals surface area contributed by atoms with Gasteiger partial charge in [-0.1, -0.05) is 30.3 Å². The molecule has 0 radical (unpaired) electrons. The summed E-state index contributed by atoms with van der Waals surface area (Å²) in [4.78, 5) is 14.2. The normalized spacial score (nSPS) is 9.80. The standard InChI is InChI=1S/C17H16N2O/c1-2-19(13-15-6-4-3-5-7-15)17(20)16-10-8-14(12-18)9-11-16/h3-11H,2,13H2,1H3. The van der Waals surface area contributed by atoms with Gasteiger partial charge in [-0.2, -0.15) is 5.26 Å². The van der Waals surface area contributed by atoms with Crippen LogP contribution in [-0.2, 0) is 6.54 Å². The van der Waals surface area contributed by atoms with Crippen LogP contribution in [0.4, 0.5) is 0 Å². The maximum atomic E-state index is 12.4. The van der Waals surface area contributed by atoms with E-state index in [9.17, 15) is 4.79 Å². The van der Waals surface area contributed by atoms with E-state index in [1.165, 1.54) is 0 Å². The smallest absolute Gasteiger partial charge is 0.254 e. The van der Waals surface area contributed by atoms with E-state index in [4.69, 9.17) is 5.26 Å². The summed E-state index contributed by atoms with van der Waals surface area (Å²) < 4.78 is 0. The molecule has 0 atom stereocenters. The fraction of sp³-hybridized carbons (Fsp3) is 0.176. The highest BCUT2D eigenvalue weighted by Gasteiger charge is 2.14. The van der Waals surface area contributed by atoms with E-state index in [1.54, 1.807) is 29.2 Å². The molecule has 2 aromatic rings. The van der Waals surface area contributed by atoms with Crippen molar-refractivity contribution in [3.05, 3.63) is 71.3 Å². The topological polar surface area (TPSA) is 44.1 Å². The molecule has 0 N–H and O–H groups in total. The first-order valence-corrected chi connectivity index (χ1v) is 6.58. The van der Waals surface area contributed by atoms with Gasteiger partial charge in [0.25, 0.3) is 5.91 Å². The van der Waals surface area contributed by atoms with Crippen LogP contribution in [0.2, 0.25) is 0 Å². The molecule has 0 saturated carbocycles. The zero-order chi connectivity index (χ0) is 14.4. The second-order valence-electron chi connectivity index (χ2n) is 4.49. The van der Waals surface area contributed by atoms with Gasteiger partial charge in [-0.05, 0) is 36.8 Å². The van der Waals surface area contributed by atoms with Crippen molar-refractivity contribution in [2.24, 2.45) is 0 Å². The molecule has 1 amide bonds. The average Bonchev–Trinajstić information content (AvgIpc) is 2.53. The maximum absolute atomic E-state index is 12.4. The zero-order valence-electron chi connectivity index (χ0n) is 11.4. The lowest BCUT2D eigenvalue weighted by atomic mass is 10.1. The van der Waals surface area contributed by atoms with Gasteiger partial charge in [0.05, 0.1) is 11.6 Å². The zero-order valence-corrected chi connectivity index (χ0v) is 11.4. The molecule has 20 heavy (non-hydrogen) atoms. The molecule has 0 aliphatic carbocycles. The van der Waals surface area contributed by atoms with Gasteiger partial charge in [-0.25, -0.2) is 0 Å². The lowest BCUT2D eigenvalue weighted by molar-refractivity contribution is 0.0752. The van der Waals surface area contributed by atoms with Crippen LogP contribution in [0.5, 0.6) is 0 Å². The minimum Gasteiger partial charge on any atom is -0.335 e. The Bertz CT molecular complexity index is 612. The van der Waals surface area contributed by atoms with Crippen molar-refractivity contribution in [1.82, 2.24) is 4.90 Å². The van der Waals surface area contributed by atoms with Crippen LogP contribution < -0.4 is 0 Å². The van der Waals surface area contributed by atoms with Crippen molar-refractivity contribution < 1.29 is 4.79 Å². The average molecular weight is 264 g/mol. The largest absolute Gasteiger partial charge is 0.335 e. The first-order valence-electron chi connectivity index (χ1n) is 6.58. The summed E-state index contributed by atoms with van der Waals surface area (Å²) in [6.07, 6.45) is 0. The number of benzene rings is 2. The molecular formula is C17H16N2O. The Hall–Kier alpha value is -2.60. The molecule has 0 spiro atoms. The first kappa shape index (κ1) is 13.8. The molecular weight excluding hydrogens is 248 g/mol. The lowest BCUT2D eigenvalue weighted by Crippen LogP contribution is -2.30. The summed E-state index contributed by atoms with van der Waals surface area (Å²) in [5.41, 5.74) is 2.28. The molecule has 0 aliphatic rings. The molecule has 0 bridgehead atoms. The second kappa shape index (κ2) is 6.53. The Labute approximate surface area is 119 Å². The van der Waals surface area contributed by atoms with Crippen LogP contribution in [0.1, 0.15) is 28.4 Å². The number of carbonyl (C=O) groups is 1. The van der Waals surface area contributed by atoms with E-state index in [1.807, 2.05) is 37.3 Å². The molecule has 0 aliphatic heterocycles. The molecule has 2 rings (SSSR count). The number of nitriles is 1. The SMILES string of the molecule is CCN(Cc1ccccc1)C(=O)c1ccc(C#N)cc1.